The van der Waals surface area contributed by atoms with Crippen molar-refractivity contribution in [1.29, 1.82) is 0 Å². The Hall–Kier alpha value is -3.01. The van der Waals surface area contributed by atoms with E-state index in [4.69, 9.17) is 11.2 Å². The number of aliphatic imine (C=N–C) groups is 1. The topological polar surface area (TPSA) is 76.4 Å². The summed E-state index contributed by atoms with van der Waals surface area (Å²) < 4.78 is 7.63. The number of hydrogen-bond donors (Lipinski definition) is 2. The molecule has 2 aromatic rings. The van der Waals surface area contributed by atoms with Gasteiger partial charge in [-0.3, -0.25) is 0 Å². The van der Waals surface area contributed by atoms with Gasteiger partial charge in [-0.1, -0.05) is 24.1 Å². The fraction of sp³-hybridized carbons (Fsp3) is 0.389. The van der Waals surface area contributed by atoms with Gasteiger partial charge in [-0.2, -0.15) is 0 Å². The van der Waals surface area contributed by atoms with E-state index in [1.165, 1.54) is 0 Å². The third-order valence-electron chi connectivity index (χ3n) is 4.19. The van der Waals surface area contributed by atoms with Gasteiger partial charge >= 0.3 is 0 Å². The number of nitrogens with one attached hydrogen (secondary N) is 2. The number of aryl methyl sites for hydroxylation is 1. The maximum absolute atomic E-state index is 5.71. The Morgan fingerprint density at radius 3 is 3.04 bits per heavy atom. The molecule has 7 heteroatoms. The van der Waals surface area contributed by atoms with Crippen molar-refractivity contribution >= 4 is 5.96 Å². The van der Waals surface area contributed by atoms with Crippen molar-refractivity contribution < 1.29 is 4.74 Å². The number of terminal acetylenes is 1. The van der Waals surface area contributed by atoms with Gasteiger partial charge < -0.3 is 19.9 Å². The van der Waals surface area contributed by atoms with Crippen LogP contribution in [-0.4, -0.2) is 33.9 Å². The lowest BCUT2D eigenvalue weighted by Gasteiger charge is -2.28. The summed E-state index contributed by atoms with van der Waals surface area (Å²) in [6.45, 7) is 3.39. The van der Waals surface area contributed by atoms with Crippen molar-refractivity contribution in [3.05, 3.63) is 41.5 Å². The molecule has 0 aliphatic carbocycles. The summed E-state index contributed by atoms with van der Waals surface area (Å²) >= 11 is 0. The molecule has 3 rings (SSSR count). The first-order chi connectivity index (χ1) is 12.2. The van der Waals surface area contributed by atoms with E-state index in [1.54, 1.807) is 0 Å². The normalized spacial score (nSPS) is 16.5. The zero-order valence-electron chi connectivity index (χ0n) is 14.5. The van der Waals surface area contributed by atoms with E-state index in [2.05, 4.69) is 37.8 Å². The van der Waals surface area contributed by atoms with E-state index in [0.717, 1.165) is 29.4 Å². The Balaban J connectivity index is 1.76. The highest BCUT2D eigenvalue weighted by Crippen LogP contribution is 2.31. The molecule has 0 bridgehead atoms. The lowest BCUT2D eigenvalue weighted by atomic mass is 10.0. The van der Waals surface area contributed by atoms with Crippen molar-refractivity contribution in [3.63, 3.8) is 0 Å². The van der Waals surface area contributed by atoms with E-state index >= 15 is 0 Å². The van der Waals surface area contributed by atoms with Crippen LogP contribution >= 0.6 is 0 Å². The second kappa shape index (κ2) is 7.71. The van der Waals surface area contributed by atoms with Crippen LogP contribution in [0.3, 0.4) is 0 Å². The summed E-state index contributed by atoms with van der Waals surface area (Å²) in [5.74, 6) is 5.79. The van der Waals surface area contributed by atoms with Gasteiger partial charge in [0, 0.05) is 19.0 Å². The molecule has 0 amide bonds. The molecule has 1 aromatic heterocycles. The molecule has 2 heterocycles. The van der Waals surface area contributed by atoms with Gasteiger partial charge in [0.25, 0.3) is 0 Å². The summed E-state index contributed by atoms with van der Waals surface area (Å²) in [7, 11) is 1.93. The largest absolute Gasteiger partial charge is 0.493 e. The zero-order valence-corrected chi connectivity index (χ0v) is 14.5. The zero-order chi connectivity index (χ0) is 17.6. The fourth-order valence-electron chi connectivity index (χ4n) is 2.68. The van der Waals surface area contributed by atoms with Crippen molar-refractivity contribution in [2.45, 2.75) is 25.9 Å². The molecular formula is C18H22N6O. The molecule has 0 saturated heterocycles. The number of guanidine groups is 1. The third kappa shape index (κ3) is 3.91. The first-order valence-electron chi connectivity index (χ1n) is 8.24. The van der Waals surface area contributed by atoms with E-state index in [-0.39, 0.29) is 6.04 Å². The smallest absolute Gasteiger partial charge is 0.192 e. The summed E-state index contributed by atoms with van der Waals surface area (Å²) in [6.07, 6.45) is 6.24. The van der Waals surface area contributed by atoms with Crippen LogP contribution in [0.15, 0.2) is 29.3 Å². The average Bonchev–Trinajstić information content (AvgIpc) is 2.96. The van der Waals surface area contributed by atoms with E-state index < -0.39 is 0 Å². The number of rotatable bonds is 4. The Kier molecular flexibility index (Phi) is 5.19. The second-order valence-electron chi connectivity index (χ2n) is 5.82. The minimum absolute atomic E-state index is 0.121. The lowest BCUT2D eigenvalue weighted by molar-refractivity contribution is 0.261. The van der Waals surface area contributed by atoms with Gasteiger partial charge in [0.2, 0.25) is 0 Å². The van der Waals surface area contributed by atoms with Gasteiger partial charge in [-0.05, 0) is 13.0 Å². The predicted octanol–water partition coefficient (Wildman–Crippen LogP) is 1.32. The van der Waals surface area contributed by atoms with Crippen LogP contribution in [0, 0.1) is 19.3 Å². The Labute approximate surface area is 147 Å². The molecule has 1 unspecified atom stereocenters. The number of fused-ring (bicyclic) bond motifs is 1. The van der Waals surface area contributed by atoms with Crippen LogP contribution < -0.4 is 15.4 Å². The molecule has 1 atom stereocenters. The molecule has 130 valence electrons. The fourth-order valence-corrected chi connectivity index (χ4v) is 2.68. The molecule has 2 N–H and O–H groups in total. The third-order valence-corrected chi connectivity index (χ3v) is 4.19. The first-order valence-corrected chi connectivity index (χ1v) is 8.24. The van der Waals surface area contributed by atoms with Gasteiger partial charge in [0.15, 0.2) is 11.8 Å². The Bertz CT molecular complexity index is 804. The van der Waals surface area contributed by atoms with Crippen molar-refractivity contribution in [2.24, 2.45) is 12.0 Å². The number of para-hydroxylation sites is 1. The molecule has 0 fully saturated rings. The highest BCUT2D eigenvalue weighted by Gasteiger charge is 2.21. The second-order valence-corrected chi connectivity index (χ2v) is 5.82. The molecule has 0 spiro atoms. The van der Waals surface area contributed by atoms with Gasteiger partial charge in [-0.25, -0.2) is 4.99 Å². The molecule has 1 aliphatic heterocycles. The molecule has 0 radical (unpaired) electrons. The van der Waals surface area contributed by atoms with E-state index in [9.17, 15) is 0 Å². The standard InChI is InChI=1S/C18H22N6O/c1-4-10-19-18(20-12-17-23-22-13(2)24(17)3)21-15-9-11-25-16-8-6-5-7-14(15)16/h1,5-8,15H,9-12H2,2-3H3,(H2,19,20,21). The van der Waals surface area contributed by atoms with Gasteiger partial charge in [0.1, 0.15) is 18.1 Å². The highest BCUT2D eigenvalue weighted by molar-refractivity contribution is 5.80. The SMILES string of the molecule is C#CCNC(=NCc1nnc(C)n1C)NC1CCOc2ccccc21. The van der Waals surface area contributed by atoms with Crippen molar-refractivity contribution in [2.75, 3.05) is 13.2 Å². The highest BCUT2D eigenvalue weighted by atomic mass is 16.5. The Morgan fingerprint density at radius 2 is 2.28 bits per heavy atom. The summed E-state index contributed by atoms with van der Waals surface area (Å²) in [5, 5.41) is 14.8. The van der Waals surface area contributed by atoms with Crippen LogP contribution in [-0.2, 0) is 13.6 Å². The number of benzene rings is 1. The van der Waals surface area contributed by atoms with Gasteiger partial charge in [0.05, 0.1) is 19.2 Å². The van der Waals surface area contributed by atoms with Crippen LogP contribution in [0.4, 0.5) is 0 Å². The lowest BCUT2D eigenvalue weighted by Crippen LogP contribution is -2.41. The molecule has 7 nitrogen and oxygen atoms in total. The number of aromatic nitrogens is 3. The average molecular weight is 338 g/mol. The number of ether oxygens (including phenoxy) is 1. The maximum atomic E-state index is 5.71. The predicted molar refractivity (Wildman–Crippen MR) is 96.1 cm³/mol. The van der Waals surface area contributed by atoms with Crippen LogP contribution in [0.1, 0.15) is 29.7 Å². The summed E-state index contributed by atoms with van der Waals surface area (Å²) in [5.41, 5.74) is 1.12. The minimum Gasteiger partial charge on any atom is -0.493 e. The summed E-state index contributed by atoms with van der Waals surface area (Å²) in [6, 6.07) is 8.16. The number of nitrogens with zero attached hydrogens (tertiary/aromatic N) is 4. The van der Waals surface area contributed by atoms with Crippen LogP contribution in [0.5, 0.6) is 5.75 Å². The molecule has 1 aromatic carbocycles. The van der Waals surface area contributed by atoms with Crippen LogP contribution in [0.25, 0.3) is 0 Å². The maximum Gasteiger partial charge on any atom is 0.192 e. The minimum atomic E-state index is 0.121. The molecule has 1 aliphatic rings. The first kappa shape index (κ1) is 16.8. The molecular weight excluding hydrogens is 316 g/mol. The van der Waals surface area contributed by atoms with E-state index in [0.29, 0.717) is 25.7 Å². The van der Waals surface area contributed by atoms with E-state index in [1.807, 2.05) is 36.7 Å². The Morgan fingerprint density at radius 1 is 1.44 bits per heavy atom. The summed E-state index contributed by atoms with van der Waals surface area (Å²) in [4.78, 5) is 4.61. The number of hydrogen-bond acceptors (Lipinski definition) is 4. The van der Waals surface area contributed by atoms with Crippen LogP contribution in [0.2, 0.25) is 0 Å². The van der Waals surface area contributed by atoms with Crippen molar-refractivity contribution in [1.82, 2.24) is 25.4 Å². The monoisotopic (exact) mass is 338 g/mol. The molecule has 0 saturated carbocycles. The van der Waals surface area contributed by atoms with Crippen molar-refractivity contribution in [3.8, 4) is 18.1 Å². The van der Waals surface area contributed by atoms with Gasteiger partial charge in [-0.15, -0.1) is 16.6 Å². The molecule has 25 heavy (non-hydrogen) atoms. The quantitative estimate of drug-likeness (QED) is 0.499.